The predicted octanol–water partition coefficient (Wildman–Crippen LogP) is 3.28. The van der Waals surface area contributed by atoms with Crippen LogP contribution in [0.25, 0.3) is 0 Å². The molecule has 0 aliphatic heterocycles. The highest BCUT2D eigenvalue weighted by Crippen LogP contribution is 2.29. The molecule has 184 valence electrons. The number of hydrogen-bond acceptors (Lipinski definition) is 6. The number of rotatable bonds is 11. The Labute approximate surface area is 205 Å². The standard InChI is InChI=1S/C25H28N4O5S/c1-28(2)23-14-13-21(17-24(23)29(31)32)35(33,34)27-18-25(30)26-16-15-22(19-9-5-3-6-10-19)20-11-7-4-8-12-20/h3-14,17,22,27H,15-16,18H2,1-2H3,(H,26,30). The molecule has 0 atom stereocenters. The van der Waals surface area contributed by atoms with Gasteiger partial charge in [0, 0.05) is 32.6 Å². The number of nitrogens with zero attached hydrogens (tertiary/aromatic N) is 2. The van der Waals surface area contributed by atoms with Crippen molar-refractivity contribution >= 4 is 27.3 Å². The first-order valence-electron chi connectivity index (χ1n) is 11.0. The van der Waals surface area contributed by atoms with E-state index in [2.05, 4.69) is 10.0 Å². The van der Waals surface area contributed by atoms with Crippen LogP contribution in [0.4, 0.5) is 11.4 Å². The highest BCUT2D eigenvalue weighted by Gasteiger charge is 2.23. The van der Waals surface area contributed by atoms with E-state index in [-0.39, 0.29) is 22.2 Å². The van der Waals surface area contributed by atoms with Crippen molar-refractivity contribution in [2.45, 2.75) is 17.2 Å². The predicted molar refractivity (Wildman–Crippen MR) is 135 cm³/mol. The van der Waals surface area contributed by atoms with Crippen LogP contribution in [0.5, 0.6) is 0 Å². The molecule has 0 bridgehead atoms. The Balaban J connectivity index is 1.61. The van der Waals surface area contributed by atoms with Gasteiger partial charge in [-0.05, 0) is 29.7 Å². The lowest BCUT2D eigenvalue weighted by molar-refractivity contribution is -0.384. The number of anilines is 1. The van der Waals surface area contributed by atoms with Crippen LogP contribution in [-0.4, -0.2) is 46.4 Å². The fourth-order valence-electron chi connectivity index (χ4n) is 3.75. The summed E-state index contributed by atoms with van der Waals surface area (Å²) in [7, 11) is -0.866. The largest absolute Gasteiger partial charge is 0.372 e. The van der Waals surface area contributed by atoms with Gasteiger partial charge in [0.05, 0.1) is 16.4 Å². The van der Waals surface area contributed by atoms with E-state index in [1.54, 1.807) is 14.1 Å². The van der Waals surface area contributed by atoms with Crippen molar-refractivity contribution in [1.82, 2.24) is 10.0 Å². The smallest absolute Gasteiger partial charge is 0.293 e. The Morgan fingerprint density at radius 1 is 0.971 bits per heavy atom. The topological polar surface area (TPSA) is 122 Å². The molecule has 0 saturated heterocycles. The van der Waals surface area contributed by atoms with Gasteiger partial charge < -0.3 is 10.2 Å². The molecule has 3 aromatic rings. The average molecular weight is 497 g/mol. The molecule has 35 heavy (non-hydrogen) atoms. The number of nitrogens with one attached hydrogen (secondary N) is 2. The highest BCUT2D eigenvalue weighted by molar-refractivity contribution is 7.89. The van der Waals surface area contributed by atoms with Crippen molar-refractivity contribution in [3.8, 4) is 0 Å². The van der Waals surface area contributed by atoms with E-state index in [0.717, 1.165) is 17.2 Å². The van der Waals surface area contributed by atoms with Gasteiger partial charge in [0.25, 0.3) is 5.69 Å². The molecule has 0 aromatic heterocycles. The molecule has 0 aliphatic carbocycles. The summed E-state index contributed by atoms with van der Waals surface area (Å²) in [5, 5.41) is 14.1. The van der Waals surface area contributed by atoms with Gasteiger partial charge in [-0.3, -0.25) is 14.9 Å². The SMILES string of the molecule is CN(C)c1ccc(S(=O)(=O)NCC(=O)NCCC(c2ccccc2)c2ccccc2)cc1[N+](=O)[O-]. The molecular formula is C25H28N4O5S. The minimum absolute atomic E-state index is 0.0742. The summed E-state index contributed by atoms with van der Waals surface area (Å²) in [4.78, 5) is 24.3. The summed E-state index contributed by atoms with van der Waals surface area (Å²) < 4.78 is 27.5. The summed E-state index contributed by atoms with van der Waals surface area (Å²) in [6.07, 6.45) is 0.630. The summed E-state index contributed by atoms with van der Waals surface area (Å²) in [5.41, 5.74) is 2.18. The van der Waals surface area contributed by atoms with Crippen molar-refractivity contribution in [1.29, 1.82) is 0 Å². The molecular weight excluding hydrogens is 468 g/mol. The Morgan fingerprint density at radius 2 is 1.54 bits per heavy atom. The van der Waals surface area contributed by atoms with E-state index in [1.807, 2.05) is 60.7 Å². The van der Waals surface area contributed by atoms with E-state index in [9.17, 15) is 23.3 Å². The van der Waals surface area contributed by atoms with E-state index >= 15 is 0 Å². The molecule has 0 saturated carbocycles. The van der Waals surface area contributed by atoms with Crippen molar-refractivity contribution in [2.24, 2.45) is 0 Å². The maximum absolute atomic E-state index is 12.6. The zero-order valence-electron chi connectivity index (χ0n) is 19.5. The molecule has 0 aliphatic rings. The van der Waals surface area contributed by atoms with Crippen LogP contribution in [0.1, 0.15) is 23.5 Å². The number of carbonyl (C=O) groups excluding carboxylic acids is 1. The minimum Gasteiger partial charge on any atom is -0.372 e. The fourth-order valence-corrected chi connectivity index (χ4v) is 4.76. The number of sulfonamides is 1. The van der Waals surface area contributed by atoms with Crippen molar-refractivity contribution in [3.05, 3.63) is 100 Å². The third kappa shape index (κ3) is 6.87. The van der Waals surface area contributed by atoms with Crippen LogP contribution in [0.3, 0.4) is 0 Å². The maximum Gasteiger partial charge on any atom is 0.293 e. The Hall–Kier alpha value is -3.76. The second-order valence-electron chi connectivity index (χ2n) is 8.14. The molecule has 2 N–H and O–H groups in total. The number of nitro benzene ring substituents is 1. The van der Waals surface area contributed by atoms with E-state index in [0.29, 0.717) is 13.0 Å². The third-order valence-corrected chi connectivity index (χ3v) is 6.92. The fraction of sp³-hybridized carbons (Fsp3) is 0.240. The molecule has 9 nitrogen and oxygen atoms in total. The maximum atomic E-state index is 12.6. The van der Waals surface area contributed by atoms with Crippen LogP contribution in [-0.2, 0) is 14.8 Å². The molecule has 1 amide bonds. The summed E-state index contributed by atoms with van der Waals surface area (Å²) in [5.74, 6) is -0.419. The lowest BCUT2D eigenvalue weighted by Crippen LogP contribution is -2.37. The van der Waals surface area contributed by atoms with Crippen molar-refractivity contribution in [3.63, 3.8) is 0 Å². The molecule has 0 unspecified atom stereocenters. The van der Waals surface area contributed by atoms with E-state index in [1.165, 1.54) is 17.0 Å². The molecule has 3 rings (SSSR count). The zero-order valence-corrected chi connectivity index (χ0v) is 20.4. The first-order chi connectivity index (χ1) is 16.7. The van der Waals surface area contributed by atoms with Crippen LogP contribution in [0.2, 0.25) is 0 Å². The Kier molecular flexibility index (Phi) is 8.56. The lowest BCUT2D eigenvalue weighted by atomic mass is 9.88. The molecule has 10 heteroatoms. The number of nitro groups is 1. The Morgan fingerprint density at radius 3 is 2.06 bits per heavy atom. The van der Waals surface area contributed by atoms with Crippen LogP contribution < -0.4 is 14.9 Å². The van der Waals surface area contributed by atoms with Gasteiger partial charge in [-0.15, -0.1) is 0 Å². The average Bonchev–Trinajstić information content (AvgIpc) is 2.86. The van der Waals surface area contributed by atoms with E-state index in [4.69, 9.17) is 0 Å². The second kappa shape index (κ2) is 11.6. The van der Waals surface area contributed by atoms with Crippen molar-refractivity contribution in [2.75, 3.05) is 32.1 Å². The first-order valence-corrected chi connectivity index (χ1v) is 12.5. The number of benzene rings is 3. The van der Waals surface area contributed by atoms with Gasteiger partial charge in [-0.2, -0.15) is 0 Å². The lowest BCUT2D eigenvalue weighted by Gasteiger charge is -2.18. The van der Waals surface area contributed by atoms with Gasteiger partial charge >= 0.3 is 0 Å². The number of carbonyl (C=O) groups is 1. The quantitative estimate of drug-likeness (QED) is 0.310. The summed E-state index contributed by atoms with van der Waals surface area (Å²) in [6.45, 7) is -0.134. The van der Waals surface area contributed by atoms with Gasteiger partial charge in [-0.1, -0.05) is 60.7 Å². The van der Waals surface area contributed by atoms with Crippen molar-refractivity contribution < 1.29 is 18.1 Å². The normalized spacial score (nSPS) is 11.3. The van der Waals surface area contributed by atoms with Gasteiger partial charge in [0.15, 0.2) is 0 Å². The zero-order chi connectivity index (χ0) is 25.4. The molecule has 0 heterocycles. The first kappa shape index (κ1) is 25.9. The number of hydrogen-bond donors (Lipinski definition) is 2. The Bertz CT molecular complexity index is 1230. The number of amides is 1. The molecule has 3 aromatic carbocycles. The molecule has 0 fully saturated rings. The highest BCUT2D eigenvalue weighted by atomic mass is 32.2. The van der Waals surface area contributed by atoms with Crippen LogP contribution in [0, 0.1) is 10.1 Å². The second-order valence-corrected chi connectivity index (χ2v) is 9.91. The van der Waals surface area contributed by atoms with Crippen LogP contribution >= 0.6 is 0 Å². The molecule has 0 spiro atoms. The van der Waals surface area contributed by atoms with Gasteiger partial charge in [0.2, 0.25) is 15.9 Å². The van der Waals surface area contributed by atoms with Gasteiger partial charge in [0.1, 0.15) is 5.69 Å². The summed E-state index contributed by atoms with van der Waals surface area (Å²) in [6, 6.07) is 23.5. The summed E-state index contributed by atoms with van der Waals surface area (Å²) >= 11 is 0. The van der Waals surface area contributed by atoms with Gasteiger partial charge in [-0.25, -0.2) is 13.1 Å². The van der Waals surface area contributed by atoms with Crippen LogP contribution in [0.15, 0.2) is 83.8 Å². The van der Waals surface area contributed by atoms with E-state index < -0.39 is 27.4 Å². The minimum atomic E-state index is -4.11. The molecule has 0 radical (unpaired) electrons. The third-order valence-electron chi connectivity index (χ3n) is 5.52. The monoisotopic (exact) mass is 496 g/mol.